The molecule has 0 aliphatic carbocycles. The van der Waals surface area contributed by atoms with Crippen molar-refractivity contribution >= 4 is 23.4 Å². The molecule has 1 aromatic heterocycles. The Hall–Kier alpha value is -4.07. The summed E-state index contributed by atoms with van der Waals surface area (Å²) in [5, 5.41) is 13.4. The van der Waals surface area contributed by atoms with Crippen LogP contribution in [0.4, 0.5) is 16.2 Å². The van der Waals surface area contributed by atoms with Crippen LogP contribution in [0.25, 0.3) is 11.1 Å². The molecule has 1 heterocycles. The van der Waals surface area contributed by atoms with E-state index in [2.05, 4.69) is 5.32 Å². The van der Waals surface area contributed by atoms with Gasteiger partial charge in [0.05, 0.1) is 12.1 Å². The summed E-state index contributed by atoms with van der Waals surface area (Å²) in [5.74, 6) is -0.742. The van der Waals surface area contributed by atoms with Crippen LogP contribution in [0.1, 0.15) is 32.8 Å². The number of anilines is 2. The first-order valence-electron chi connectivity index (χ1n) is 11.3. The lowest BCUT2D eigenvalue weighted by atomic mass is 10.1. The third kappa shape index (κ3) is 6.29. The largest absolute Gasteiger partial charge is 0.505 e. The van der Waals surface area contributed by atoms with E-state index in [4.69, 9.17) is 4.74 Å². The van der Waals surface area contributed by atoms with Crippen LogP contribution in [-0.2, 0) is 16.6 Å². The minimum absolute atomic E-state index is 0.000755. The first kappa shape index (κ1) is 25.6. The van der Waals surface area contributed by atoms with Gasteiger partial charge in [-0.3, -0.25) is 14.5 Å². The summed E-state index contributed by atoms with van der Waals surface area (Å²) in [7, 11) is 1.55. The Morgan fingerprint density at radius 2 is 1.63 bits per heavy atom. The zero-order valence-electron chi connectivity index (χ0n) is 20.7. The average molecular weight is 478 g/mol. The molecule has 0 aliphatic rings. The number of nitrogens with zero attached hydrogens (tertiary/aromatic N) is 2. The third-order valence-electron chi connectivity index (χ3n) is 5.19. The number of benzene rings is 2. The molecule has 0 aliphatic heterocycles. The number of rotatable bonds is 6. The van der Waals surface area contributed by atoms with E-state index >= 15 is 0 Å². The molecule has 8 nitrogen and oxygen atoms in total. The predicted molar refractivity (Wildman–Crippen MR) is 136 cm³/mol. The van der Waals surface area contributed by atoms with Crippen molar-refractivity contribution in [3.05, 3.63) is 76.7 Å². The van der Waals surface area contributed by atoms with Crippen molar-refractivity contribution < 1.29 is 19.4 Å². The molecule has 35 heavy (non-hydrogen) atoms. The summed E-state index contributed by atoms with van der Waals surface area (Å²) >= 11 is 0. The molecule has 8 heteroatoms. The van der Waals surface area contributed by atoms with Gasteiger partial charge in [0.15, 0.2) is 5.69 Å². The van der Waals surface area contributed by atoms with E-state index in [0.717, 1.165) is 16.0 Å². The van der Waals surface area contributed by atoms with Crippen molar-refractivity contribution in [2.45, 2.75) is 39.7 Å². The maximum Gasteiger partial charge on any atom is 0.326 e. The maximum absolute atomic E-state index is 13.3. The van der Waals surface area contributed by atoms with E-state index < -0.39 is 23.2 Å². The Balaban J connectivity index is 1.94. The number of aromatic hydroxyl groups is 1. The van der Waals surface area contributed by atoms with Crippen LogP contribution in [0.15, 0.2) is 65.6 Å². The Labute approximate surface area is 204 Å². The van der Waals surface area contributed by atoms with E-state index in [9.17, 15) is 19.5 Å². The van der Waals surface area contributed by atoms with Gasteiger partial charge in [-0.05, 0) is 51.0 Å². The molecular formula is C27H31N3O5. The SMILES string of the molecule is Cc1cn(C)c(=O)c(N(C(=O)NCCC(=O)OC(C)(C)C)c2ccc(-c3ccccc3)cc2)c1O. The number of aryl methyl sites for hydroxylation is 2. The van der Waals surface area contributed by atoms with Crippen molar-refractivity contribution in [3.63, 3.8) is 0 Å². The molecule has 3 aromatic rings. The second-order valence-electron chi connectivity index (χ2n) is 9.24. The van der Waals surface area contributed by atoms with Crippen LogP contribution in [0, 0.1) is 6.92 Å². The molecule has 2 N–H and O–H groups in total. The van der Waals surface area contributed by atoms with Crippen LogP contribution in [-0.4, -0.2) is 33.8 Å². The number of ether oxygens (including phenoxy) is 1. The molecule has 0 radical (unpaired) electrons. The maximum atomic E-state index is 13.3. The number of pyridine rings is 1. The van der Waals surface area contributed by atoms with Gasteiger partial charge in [-0.1, -0.05) is 42.5 Å². The monoisotopic (exact) mass is 477 g/mol. The van der Waals surface area contributed by atoms with E-state index in [1.807, 2.05) is 42.5 Å². The van der Waals surface area contributed by atoms with Crippen LogP contribution < -0.4 is 15.8 Å². The van der Waals surface area contributed by atoms with Gasteiger partial charge in [-0.2, -0.15) is 0 Å². The summed E-state index contributed by atoms with van der Waals surface area (Å²) in [5.41, 5.74) is 1.42. The van der Waals surface area contributed by atoms with E-state index in [1.165, 1.54) is 10.8 Å². The zero-order chi connectivity index (χ0) is 25.8. The highest BCUT2D eigenvalue weighted by Crippen LogP contribution is 2.33. The summed E-state index contributed by atoms with van der Waals surface area (Å²) in [6.07, 6.45) is 1.46. The van der Waals surface area contributed by atoms with Crippen molar-refractivity contribution in [3.8, 4) is 16.9 Å². The van der Waals surface area contributed by atoms with E-state index in [0.29, 0.717) is 11.3 Å². The number of amides is 2. The smallest absolute Gasteiger partial charge is 0.326 e. The molecule has 0 bridgehead atoms. The minimum Gasteiger partial charge on any atom is -0.505 e. The van der Waals surface area contributed by atoms with Crippen LogP contribution in [0.2, 0.25) is 0 Å². The molecule has 0 atom stereocenters. The Morgan fingerprint density at radius 3 is 2.23 bits per heavy atom. The van der Waals surface area contributed by atoms with Gasteiger partial charge in [0.1, 0.15) is 11.4 Å². The number of urea groups is 1. The first-order chi connectivity index (χ1) is 16.5. The second kappa shape index (κ2) is 10.5. The molecule has 0 fully saturated rings. The molecule has 0 saturated heterocycles. The minimum atomic E-state index is -0.654. The molecule has 0 unspecified atom stereocenters. The van der Waals surface area contributed by atoms with Gasteiger partial charge < -0.3 is 19.7 Å². The third-order valence-corrected chi connectivity index (χ3v) is 5.19. The summed E-state index contributed by atoms with van der Waals surface area (Å²) in [6.45, 7) is 6.94. The number of aromatic nitrogens is 1. The zero-order valence-corrected chi connectivity index (χ0v) is 20.7. The lowest BCUT2D eigenvalue weighted by molar-refractivity contribution is -0.154. The van der Waals surface area contributed by atoms with Crippen LogP contribution in [0.3, 0.4) is 0 Å². The van der Waals surface area contributed by atoms with Crippen molar-refractivity contribution in [2.75, 3.05) is 11.4 Å². The normalized spacial score (nSPS) is 11.1. The number of carbonyl (C=O) groups excluding carboxylic acids is 2. The second-order valence-corrected chi connectivity index (χ2v) is 9.24. The summed E-state index contributed by atoms with van der Waals surface area (Å²) in [4.78, 5) is 39.5. The van der Waals surface area contributed by atoms with Gasteiger partial charge in [0.25, 0.3) is 5.56 Å². The molecule has 2 amide bonds. The lowest BCUT2D eigenvalue weighted by Crippen LogP contribution is -2.41. The lowest BCUT2D eigenvalue weighted by Gasteiger charge is -2.25. The van der Waals surface area contributed by atoms with Gasteiger partial charge >= 0.3 is 12.0 Å². The van der Waals surface area contributed by atoms with E-state index in [-0.39, 0.29) is 24.4 Å². The number of carbonyl (C=O) groups is 2. The van der Waals surface area contributed by atoms with Crippen molar-refractivity contribution in [1.29, 1.82) is 0 Å². The van der Waals surface area contributed by atoms with Gasteiger partial charge in [-0.25, -0.2) is 4.79 Å². The fraction of sp³-hybridized carbons (Fsp3) is 0.296. The Morgan fingerprint density at radius 1 is 1.03 bits per heavy atom. The van der Waals surface area contributed by atoms with Crippen molar-refractivity contribution in [2.24, 2.45) is 7.05 Å². The molecule has 0 saturated carbocycles. The van der Waals surface area contributed by atoms with E-state index in [1.54, 1.807) is 46.9 Å². The van der Waals surface area contributed by atoms with Crippen LogP contribution in [0.5, 0.6) is 5.75 Å². The van der Waals surface area contributed by atoms with Gasteiger partial charge in [0.2, 0.25) is 0 Å². The molecule has 184 valence electrons. The first-order valence-corrected chi connectivity index (χ1v) is 11.3. The predicted octanol–water partition coefficient (Wildman–Crippen LogP) is 4.65. The quantitative estimate of drug-likeness (QED) is 0.504. The van der Waals surface area contributed by atoms with Crippen molar-refractivity contribution in [1.82, 2.24) is 9.88 Å². The number of esters is 1. The highest BCUT2D eigenvalue weighted by molar-refractivity contribution is 6.01. The Kier molecular flexibility index (Phi) is 7.64. The standard InChI is InChI=1S/C27H31N3O5/c1-18-17-29(5)25(33)23(24(18)32)30(26(34)28-16-15-22(31)35-27(2,3)4)21-13-11-20(12-14-21)19-9-7-6-8-10-19/h6-14,17,32H,15-16H2,1-5H3,(H,28,34). The summed E-state index contributed by atoms with van der Waals surface area (Å²) < 4.78 is 6.59. The fourth-order valence-electron chi connectivity index (χ4n) is 3.59. The Bertz CT molecular complexity index is 1260. The van der Waals surface area contributed by atoms with Gasteiger partial charge in [0, 0.05) is 25.4 Å². The molecular weight excluding hydrogens is 446 g/mol. The fourth-order valence-corrected chi connectivity index (χ4v) is 3.59. The van der Waals surface area contributed by atoms with Gasteiger partial charge in [-0.15, -0.1) is 0 Å². The van der Waals surface area contributed by atoms with Crippen LogP contribution >= 0.6 is 0 Å². The highest BCUT2D eigenvalue weighted by atomic mass is 16.6. The molecule has 0 spiro atoms. The molecule has 3 rings (SSSR count). The highest BCUT2D eigenvalue weighted by Gasteiger charge is 2.26. The number of hydrogen-bond donors (Lipinski definition) is 2. The summed E-state index contributed by atoms with van der Waals surface area (Å²) in [6, 6.07) is 16.2. The number of hydrogen-bond acceptors (Lipinski definition) is 5. The number of nitrogens with one attached hydrogen (secondary N) is 1. The topological polar surface area (TPSA) is 101 Å². The molecule has 2 aromatic carbocycles. The average Bonchev–Trinajstić information content (AvgIpc) is 2.80.